The lowest BCUT2D eigenvalue weighted by molar-refractivity contribution is -0.131. The first-order valence-corrected chi connectivity index (χ1v) is 15.3. The number of unbranched alkanes of at least 4 members (excludes halogenated alkanes) is 7. The van der Waals surface area contributed by atoms with Gasteiger partial charge in [0.05, 0.1) is 5.71 Å². The van der Waals surface area contributed by atoms with Gasteiger partial charge in [0.25, 0.3) is 0 Å². The average molecular weight is 542 g/mol. The first-order valence-electron chi connectivity index (χ1n) is 15.3. The SMILES string of the molecule is Cc1ccc(N2CCN(C(=O)CCCCCCCCCCN=C(N)/C=C3/CCc4ccccc4C3=N)CC2)cc1. The van der Waals surface area contributed by atoms with Crippen molar-refractivity contribution in [2.24, 2.45) is 10.7 Å². The molecule has 4 rings (SSSR count). The van der Waals surface area contributed by atoms with E-state index in [4.69, 9.17) is 11.1 Å². The highest BCUT2D eigenvalue weighted by Gasteiger charge is 2.21. The van der Waals surface area contributed by atoms with E-state index in [-0.39, 0.29) is 0 Å². The number of amides is 1. The number of nitrogens with one attached hydrogen (secondary N) is 1. The second-order valence-electron chi connectivity index (χ2n) is 11.3. The third-order valence-electron chi connectivity index (χ3n) is 8.22. The Morgan fingerprint density at radius 1 is 0.875 bits per heavy atom. The van der Waals surface area contributed by atoms with Crippen molar-refractivity contribution in [3.63, 3.8) is 0 Å². The summed E-state index contributed by atoms with van der Waals surface area (Å²) in [6.45, 7) is 6.37. The number of amidine groups is 1. The highest BCUT2D eigenvalue weighted by molar-refractivity contribution is 6.15. The molecule has 0 atom stereocenters. The summed E-state index contributed by atoms with van der Waals surface area (Å²) in [5, 5.41) is 8.48. The molecule has 3 N–H and O–H groups in total. The molecule has 0 bridgehead atoms. The van der Waals surface area contributed by atoms with E-state index < -0.39 is 0 Å². The Bertz CT molecular complexity index is 1180. The van der Waals surface area contributed by atoms with Crippen LogP contribution >= 0.6 is 0 Å². The van der Waals surface area contributed by atoms with Gasteiger partial charge in [-0.25, -0.2) is 0 Å². The molecule has 0 radical (unpaired) electrons. The topological polar surface area (TPSA) is 85.8 Å². The molecule has 1 fully saturated rings. The number of hydrogen-bond donors (Lipinski definition) is 2. The maximum absolute atomic E-state index is 12.6. The first kappa shape index (κ1) is 29.6. The normalized spacial score (nSPS) is 16.9. The molecule has 2 aromatic rings. The highest BCUT2D eigenvalue weighted by atomic mass is 16.2. The van der Waals surface area contributed by atoms with Crippen molar-refractivity contribution in [1.82, 2.24) is 4.90 Å². The average Bonchev–Trinajstić information content (AvgIpc) is 2.98. The predicted molar refractivity (Wildman–Crippen MR) is 168 cm³/mol. The van der Waals surface area contributed by atoms with E-state index >= 15 is 0 Å². The van der Waals surface area contributed by atoms with E-state index in [0.717, 1.165) is 76.0 Å². The number of aliphatic imine (C=N–C) groups is 1. The fourth-order valence-corrected chi connectivity index (χ4v) is 5.70. The molecule has 6 nitrogen and oxygen atoms in total. The van der Waals surface area contributed by atoms with Crippen LogP contribution < -0.4 is 10.6 Å². The number of allylic oxidation sites excluding steroid dienone is 1. The van der Waals surface area contributed by atoms with Gasteiger partial charge < -0.3 is 15.5 Å². The van der Waals surface area contributed by atoms with E-state index in [1.807, 2.05) is 24.3 Å². The number of nitrogens with zero attached hydrogens (tertiary/aromatic N) is 3. The van der Waals surface area contributed by atoms with Crippen molar-refractivity contribution < 1.29 is 4.79 Å². The molecular weight excluding hydrogens is 494 g/mol. The zero-order valence-electron chi connectivity index (χ0n) is 24.3. The lowest BCUT2D eigenvalue weighted by atomic mass is 9.86. The second kappa shape index (κ2) is 15.4. The summed E-state index contributed by atoms with van der Waals surface area (Å²) in [5.41, 5.74) is 12.5. The molecular formula is C34H47N5O. The van der Waals surface area contributed by atoms with Crippen LogP contribution in [0.1, 0.15) is 80.9 Å². The van der Waals surface area contributed by atoms with Crippen LogP contribution in [0.3, 0.4) is 0 Å². The molecule has 214 valence electrons. The summed E-state index contributed by atoms with van der Waals surface area (Å²) in [7, 11) is 0. The molecule has 6 heteroatoms. The monoisotopic (exact) mass is 541 g/mol. The molecule has 0 aromatic heterocycles. The van der Waals surface area contributed by atoms with Gasteiger partial charge in [-0.3, -0.25) is 15.2 Å². The van der Waals surface area contributed by atoms with E-state index in [1.165, 1.54) is 48.9 Å². The molecule has 2 aliphatic rings. The van der Waals surface area contributed by atoms with Crippen molar-refractivity contribution in [2.75, 3.05) is 37.6 Å². The van der Waals surface area contributed by atoms with E-state index in [1.54, 1.807) is 0 Å². The van der Waals surface area contributed by atoms with E-state index in [9.17, 15) is 4.79 Å². The highest BCUT2D eigenvalue weighted by Crippen LogP contribution is 2.24. The number of carbonyl (C=O) groups excluding carboxylic acids is 1. The Hall–Kier alpha value is -3.41. The minimum Gasteiger partial charge on any atom is -0.384 e. The standard InChI is InChI=1S/C34H47N5O/c1-27-15-19-30(20-16-27)38-22-24-39(25-23-38)33(40)14-8-6-4-2-3-5-7-11-21-37-32(35)26-29-18-17-28-12-9-10-13-31(28)34(29)36/h9-10,12-13,15-16,19-20,26,36H,2-8,11,14,17-18,21-25H2,1H3,(H2,35,37)/b29-26-,36-34?. The summed E-state index contributed by atoms with van der Waals surface area (Å²) in [4.78, 5) is 21.6. The van der Waals surface area contributed by atoms with Crippen LogP contribution in [0.15, 0.2) is 65.2 Å². The van der Waals surface area contributed by atoms with Gasteiger partial charge in [-0.2, -0.15) is 0 Å². The van der Waals surface area contributed by atoms with Gasteiger partial charge in [-0.15, -0.1) is 0 Å². The Labute approximate surface area is 240 Å². The molecule has 40 heavy (non-hydrogen) atoms. The third-order valence-corrected chi connectivity index (χ3v) is 8.22. The Morgan fingerprint density at radius 3 is 2.25 bits per heavy atom. The molecule has 2 aromatic carbocycles. The maximum Gasteiger partial charge on any atom is 0.222 e. The fraction of sp³-hybridized carbons (Fsp3) is 0.500. The molecule has 1 aliphatic heterocycles. The number of rotatable bonds is 13. The van der Waals surface area contributed by atoms with Crippen LogP contribution in [0.4, 0.5) is 5.69 Å². The molecule has 1 amide bonds. The van der Waals surface area contributed by atoms with Crippen LogP contribution in [0.5, 0.6) is 0 Å². The van der Waals surface area contributed by atoms with Crippen molar-refractivity contribution in [2.45, 2.75) is 77.6 Å². The Morgan fingerprint density at radius 2 is 1.52 bits per heavy atom. The number of benzene rings is 2. The van der Waals surface area contributed by atoms with E-state index in [0.29, 0.717) is 23.9 Å². The van der Waals surface area contributed by atoms with Crippen LogP contribution in [0.25, 0.3) is 0 Å². The predicted octanol–water partition coefficient (Wildman–Crippen LogP) is 6.45. The summed E-state index contributed by atoms with van der Waals surface area (Å²) in [6.07, 6.45) is 13.7. The van der Waals surface area contributed by atoms with E-state index in [2.05, 4.69) is 52.0 Å². The number of hydrogen-bond acceptors (Lipinski definition) is 4. The van der Waals surface area contributed by atoms with Gasteiger partial charge in [0.15, 0.2) is 0 Å². The van der Waals surface area contributed by atoms with Crippen LogP contribution in [0, 0.1) is 12.3 Å². The fourth-order valence-electron chi connectivity index (χ4n) is 5.70. The lowest BCUT2D eigenvalue weighted by Gasteiger charge is -2.36. The van der Waals surface area contributed by atoms with Gasteiger partial charge >= 0.3 is 0 Å². The van der Waals surface area contributed by atoms with Crippen LogP contribution in [-0.4, -0.2) is 55.1 Å². The third kappa shape index (κ3) is 8.80. The minimum atomic E-state index is 0.323. The number of anilines is 1. The number of aryl methyl sites for hydroxylation is 2. The van der Waals surface area contributed by atoms with Crippen LogP contribution in [0.2, 0.25) is 0 Å². The van der Waals surface area contributed by atoms with Gasteiger partial charge in [-0.1, -0.05) is 80.5 Å². The van der Waals surface area contributed by atoms with Crippen molar-refractivity contribution in [3.05, 3.63) is 76.9 Å². The first-order chi connectivity index (χ1) is 19.5. The molecule has 0 saturated carbocycles. The molecule has 0 unspecified atom stereocenters. The van der Waals surface area contributed by atoms with Gasteiger partial charge in [-0.05, 0) is 62.0 Å². The molecule has 1 aliphatic carbocycles. The zero-order chi connectivity index (χ0) is 28.2. The minimum absolute atomic E-state index is 0.323. The van der Waals surface area contributed by atoms with Gasteiger partial charge in [0, 0.05) is 50.4 Å². The Kier molecular flexibility index (Phi) is 11.4. The van der Waals surface area contributed by atoms with Gasteiger partial charge in [0.2, 0.25) is 5.91 Å². The quantitative estimate of drug-likeness (QED) is 0.174. The molecule has 1 heterocycles. The van der Waals surface area contributed by atoms with Gasteiger partial charge in [0.1, 0.15) is 5.84 Å². The van der Waals surface area contributed by atoms with Crippen molar-refractivity contribution >= 4 is 23.1 Å². The number of fused-ring (bicyclic) bond motifs is 1. The second-order valence-corrected chi connectivity index (χ2v) is 11.3. The Balaban J connectivity index is 0.995. The smallest absolute Gasteiger partial charge is 0.222 e. The lowest BCUT2D eigenvalue weighted by Crippen LogP contribution is -2.48. The number of nitrogens with two attached hydrogens (primary N) is 1. The molecule has 0 spiro atoms. The van der Waals surface area contributed by atoms with Crippen molar-refractivity contribution in [3.8, 4) is 0 Å². The summed E-state index contributed by atoms with van der Waals surface area (Å²) in [6, 6.07) is 16.8. The number of carbonyl (C=O) groups is 1. The maximum atomic E-state index is 12.6. The van der Waals surface area contributed by atoms with Crippen LogP contribution in [-0.2, 0) is 11.2 Å². The zero-order valence-corrected chi connectivity index (χ0v) is 24.3. The largest absolute Gasteiger partial charge is 0.384 e. The summed E-state index contributed by atoms with van der Waals surface area (Å²) >= 11 is 0. The molecule has 1 saturated heterocycles. The number of piperazine rings is 1. The van der Waals surface area contributed by atoms with Crippen molar-refractivity contribution in [1.29, 1.82) is 5.41 Å². The summed E-state index contributed by atoms with van der Waals surface area (Å²) < 4.78 is 0. The summed E-state index contributed by atoms with van der Waals surface area (Å²) in [5.74, 6) is 0.867.